The smallest absolute Gasteiger partial charge is 0.115 e. The van der Waals surface area contributed by atoms with Crippen LogP contribution in [-0.4, -0.2) is 9.97 Å². The standard InChI is InChI=1S/C15H14N4/c16-19-15(14-7-8-17-10-18-14)13-6-5-11-3-1-2-4-12(11)9-13/h1-10,15,19H,16H2. The molecule has 2 aromatic carbocycles. The first-order chi connectivity index (χ1) is 9.38. The van der Waals surface area contributed by atoms with Crippen LogP contribution in [0.4, 0.5) is 0 Å². The molecule has 4 nitrogen and oxygen atoms in total. The van der Waals surface area contributed by atoms with E-state index in [0.717, 1.165) is 11.3 Å². The fraction of sp³-hybridized carbons (Fsp3) is 0.0667. The van der Waals surface area contributed by atoms with Gasteiger partial charge in [-0.15, -0.1) is 0 Å². The van der Waals surface area contributed by atoms with Gasteiger partial charge in [-0.05, 0) is 28.5 Å². The first-order valence-corrected chi connectivity index (χ1v) is 6.09. The number of hydrogen-bond acceptors (Lipinski definition) is 4. The number of nitrogens with two attached hydrogens (primary N) is 1. The molecule has 0 aliphatic rings. The molecule has 3 N–H and O–H groups in total. The van der Waals surface area contributed by atoms with Crippen LogP contribution in [0.25, 0.3) is 10.8 Å². The lowest BCUT2D eigenvalue weighted by Gasteiger charge is -2.16. The lowest BCUT2D eigenvalue weighted by Crippen LogP contribution is -2.29. The van der Waals surface area contributed by atoms with Gasteiger partial charge < -0.3 is 0 Å². The van der Waals surface area contributed by atoms with Crippen LogP contribution in [0.2, 0.25) is 0 Å². The Hall–Kier alpha value is -2.30. The normalized spacial score (nSPS) is 12.5. The van der Waals surface area contributed by atoms with Crippen molar-refractivity contribution in [3.8, 4) is 0 Å². The molecule has 3 aromatic rings. The van der Waals surface area contributed by atoms with Crippen molar-refractivity contribution >= 4 is 10.8 Å². The van der Waals surface area contributed by atoms with E-state index in [0.29, 0.717) is 0 Å². The second-order valence-corrected chi connectivity index (χ2v) is 4.34. The Bertz CT molecular complexity index is 682. The van der Waals surface area contributed by atoms with Crippen molar-refractivity contribution in [3.63, 3.8) is 0 Å². The van der Waals surface area contributed by atoms with Gasteiger partial charge in [-0.2, -0.15) is 0 Å². The third kappa shape index (κ3) is 2.31. The Labute approximate surface area is 111 Å². The zero-order valence-electron chi connectivity index (χ0n) is 10.3. The van der Waals surface area contributed by atoms with Crippen molar-refractivity contribution in [2.75, 3.05) is 0 Å². The van der Waals surface area contributed by atoms with Crippen molar-refractivity contribution in [2.24, 2.45) is 5.84 Å². The Morgan fingerprint density at radius 2 is 1.84 bits per heavy atom. The summed E-state index contributed by atoms with van der Waals surface area (Å²) in [5, 5.41) is 2.40. The molecule has 0 amide bonds. The molecule has 1 aromatic heterocycles. The highest BCUT2D eigenvalue weighted by molar-refractivity contribution is 5.83. The van der Waals surface area contributed by atoms with Gasteiger partial charge in [0, 0.05) is 6.20 Å². The molecule has 1 unspecified atom stereocenters. The average Bonchev–Trinajstić information content (AvgIpc) is 2.49. The van der Waals surface area contributed by atoms with E-state index in [1.807, 2.05) is 18.2 Å². The highest BCUT2D eigenvalue weighted by Crippen LogP contribution is 2.23. The summed E-state index contributed by atoms with van der Waals surface area (Å²) in [4.78, 5) is 8.18. The number of rotatable bonds is 3. The third-order valence-corrected chi connectivity index (χ3v) is 3.17. The van der Waals surface area contributed by atoms with Gasteiger partial charge in [-0.1, -0.05) is 36.4 Å². The number of nitrogens with zero attached hydrogens (tertiary/aromatic N) is 2. The van der Waals surface area contributed by atoms with Crippen molar-refractivity contribution in [1.82, 2.24) is 15.4 Å². The van der Waals surface area contributed by atoms with Crippen LogP contribution < -0.4 is 11.3 Å². The molecule has 4 heteroatoms. The van der Waals surface area contributed by atoms with Gasteiger partial charge in [0.05, 0.1) is 11.7 Å². The van der Waals surface area contributed by atoms with E-state index in [4.69, 9.17) is 5.84 Å². The number of fused-ring (bicyclic) bond motifs is 1. The minimum absolute atomic E-state index is 0.132. The maximum absolute atomic E-state index is 5.67. The van der Waals surface area contributed by atoms with Crippen molar-refractivity contribution in [1.29, 1.82) is 0 Å². The molecule has 1 heterocycles. The maximum Gasteiger partial charge on any atom is 0.115 e. The summed E-state index contributed by atoms with van der Waals surface area (Å²) in [6, 6.07) is 16.3. The fourth-order valence-corrected chi connectivity index (χ4v) is 2.21. The molecule has 1 atom stereocenters. The second-order valence-electron chi connectivity index (χ2n) is 4.34. The van der Waals surface area contributed by atoms with E-state index < -0.39 is 0 Å². The number of hydrazine groups is 1. The van der Waals surface area contributed by atoms with E-state index in [-0.39, 0.29) is 6.04 Å². The Morgan fingerprint density at radius 3 is 2.58 bits per heavy atom. The Balaban J connectivity index is 2.06. The SMILES string of the molecule is NNC(c1ccc2ccccc2c1)c1ccncn1. The highest BCUT2D eigenvalue weighted by atomic mass is 15.2. The van der Waals surface area contributed by atoms with E-state index in [9.17, 15) is 0 Å². The van der Waals surface area contributed by atoms with E-state index in [1.54, 1.807) is 6.20 Å². The van der Waals surface area contributed by atoms with Gasteiger partial charge >= 0.3 is 0 Å². The average molecular weight is 250 g/mol. The van der Waals surface area contributed by atoms with Crippen molar-refractivity contribution < 1.29 is 0 Å². The monoisotopic (exact) mass is 250 g/mol. The Morgan fingerprint density at radius 1 is 1.00 bits per heavy atom. The van der Waals surface area contributed by atoms with Gasteiger partial charge in [-0.3, -0.25) is 5.84 Å². The van der Waals surface area contributed by atoms with Gasteiger partial charge in [0.25, 0.3) is 0 Å². The van der Waals surface area contributed by atoms with E-state index in [2.05, 4.69) is 45.7 Å². The number of nitrogens with one attached hydrogen (secondary N) is 1. The lowest BCUT2D eigenvalue weighted by atomic mass is 10.00. The van der Waals surface area contributed by atoms with Crippen LogP contribution in [0.3, 0.4) is 0 Å². The van der Waals surface area contributed by atoms with E-state index >= 15 is 0 Å². The van der Waals surface area contributed by atoms with Crippen LogP contribution in [0.5, 0.6) is 0 Å². The topological polar surface area (TPSA) is 63.8 Å². The summed E-state index contributed by atoms with van der Waals surface area (Å²) < 4.78 is 0. The predicted molar refractivity (Wildman–Crippen MR) is 75.1 cm³/mol. The van der Waals surface area contributed by atoms with Gasteiger partial charge in [0.1, 0.15) is 6.33 Å². The van der Waals surface area contributed by atoms with Crippen LogP contribution in [0.1, 0.15) is 17.3 Å². The highest BCUT2D eigenvalue weighted by Gasteiger charge is 2.13. The van der Waals surface area contributed by atoms with E-state index in [1.165, 1.54) is 17.1 Å². The zero-order chi connectivity index (χ0) is 13.1. The molecule has 19 heavy (non-hydrogen) atoms. The quantitative estimate of drug-likeness (QED) is 0.552. The van der Waals surface area contributed by atoms with Crippen LogP contribution in [-0.2, 0) is 0 Å². The first kappa shape index (κ1) is 11.8. The third-order valence-electron chi connectivity index (χ3n) is 3.17. The molecular weight excluding hydrogens is 236 g/mol. The maximum atomic E-state index is 5.67. The molecule has 0 spiro atoms. The largest absolute Gasteiger partial charge is 0.271 e. The first-order valence-electron chi connectivity index (χ1n) is 6.09. The number of benzene rings is 2. The lowest BCUT2D eigenvalue weighted by molar-refractivity contribution is 0.619. The molecule has 0 saturated carbocycles. The fourth-order valence-electron chi connectivity index (χ4n) is 2.21. The predicted octanol–water partition coefficient (Wildman–Crippen LogP) is 2.18. The summed E-state index contributed by atoms with van der Waals surface area (Å²) >= 11 is 0. The van der Waals surface area contributed by atoms with Crippen LogP contribution in [0, 0.1) is 0 Å². The van der Waals surface area contributed by atoms with Crippen molar-refractivity contribution in [3.05, 3.63) is 72.3 Å². The van der Waals surface area contributed by atoms with Crippen LogP contribution in [0.15, 0.2) is 61.1 Å². The van der Waals surface area contributed by atoms with Crippen molar-refractivity contribution in [2.45, 2.75) is 6.04 Å². The zero-order valence-corrected chi connectivity index (χ0v) is 10.3. The second kappa shape index (κ2) is 5.14. The molecule has 94 valence electrons. The summed E-state index contributed by atoms with van der Waals surface area (Å²) in [5.74, 6) is 5.67. The summed E-state index contributed by atoms with van der Waals surface area (Å²) in [6.07, 6.45) is 3.24. The molecule has 0 bridgehead atoms. The minimum Gasteiger partial charge on any atom is -0.271 e. The number of hydrogen-bond donors (Lipinski definition) is 2. The molecule has 0 saturated heterocycles. The minimum atomic E-state index is -0.132. The van der Waals surface area contributed by atoms with Crippen LogP contribution >= 0.6 is 0 Å². The Kier molecular flexibility index (Phi) is 3.18. The summed E-state index contributed by atoms with van der Waals surface area (Å²) in [5.41, 5.74) is 4.75. The van der Waals surface area contributed by atoms with Gasteiger partial charge in [0.15, 0.2) is 0 Å². The molecular formula is C15H14N4. The summed E-state index contributed by atoms with van der Waals surface area (Å²) in [6.45, 7) is 0. The molecule has 0 aliphatic carbocycles. The molecule has 0 fully saturated rings. The van der Waals surface area contributed by atoms with Gasteiger partial charge in [0.2, 0.25) is 0 Å². The summed E-state index contributed by atoms with van der Waals surface area (Å²) in [7, 11) is 0. The number of aromatic nitrogens is 2. The molecule has 0 aliphatic heterocycles. The molecule has 3 rings (SSSR count). The molecule has 0 radical (unpaired) electrons. The van der Waals surface area contributed by atoms with Gasteiger partial charge in [-0.25, -0.2) is 15.4 Å².